The van der Waals surface area contributed by atoms with E-state index in [2.05, 4.69) is 5.32 Å². The normalized spacial score (nSPS) is 10.4. The Morgan fingerprint density at radius 3 is 2.36 bits per heavy atom. The van der Waals surface area contributed by atoms with Gasteiger partial charge in [0.05, 0.1) is 18.6 Å². The van der Waals surface area contributed by atoms with Crippen LogP contribution in [0.2, 0.25) is 0 Å². The first-order valence-electron chi connectivity index (χ1n) is 5.88. The average Bonchev–Trinajstić information content (AvgIpc) is 2.44. The second kappa shape index (κ2) is 7.98. The Hall–Kier alpha value is -2.62. The van der Waals surface area contributed by atoms with Crippen molar-refractivity contribution < 1.29 is 28.6 Å². The van der Waals surface area contributed by atoms with Crippen LogP contribution in [0.15, 0.2) is 24.3 Å². The van der Waals surface area contributed by atoms with Crippen LogP contribution in [0, 0.1) is 0 Å². The maximum Gasteiger partial charge on any atom is 0.409 e. The van der Waals surface area contributed by atoms with Crippen LogP contribution in [-0.2, 0) is 14.3 Å². The van der Waals surface area contributed by atoms with Gasteiger partial charge >= 0.3 is 17.4 Å². The number of nitrogens with two attached hydrogens (primary N) is 2. The van der Waals surface area contributed by atoms with Gasteiger partial charge < -0.3 is 35.8 Å². The topological polar surface area (TPSA) is 143 Å². The summed E-state index contributed by atoms with van der Waals surface area (Å²) in [6.07, 6.45) is -1.94. The summed E-state index contributed by atoms with van der Waals surface area (Å²) in [5.41, 5.74) is 10.3. The Morgan fingerprint density at radius 1 is 1.27 bits per heavy atom. The molecule has 0 radical (unpaired) electrons. The lowest BCUT2D eigenvalue weighted by Crippen LogP contribution is -2.47. The van der Waals surface area contributed by atoms with Gasteiger partial charge in [0.2, 0.25) is 0 Å². The van der Waals surface area contributed by atoms with Gasteiger partial charge in [0.1, 0.15) is 12.0 Å². The number of thioether (sulfide) groups is 1. The second-order valence-corrected chi connectivity index (χ2v) is 4.86. The van der Waals surface area contributed by atoms with Gasteiger partial charge in [0, 0.05) is 0 Å². The third kappa shape index (κ3) is 5.05. The fraction of sp³-hybridized carbons (Fsp3) is 0.250. The number of hydrogen-bond acceptors (Lipinski definition) is 8. The molecule has 0 aliphatic heterocycles. The van der Waals surface area contributed by atoms with Crippen molar-refractivity contribution in [2.24, 2.45) is 11.5 Å². The van der Waals surface area contributed by atoms with Gasteiger partial charge in [-0.2, -0.15) is 0 Å². The molecule has 120 valence electrons. The van der Waals surface area contributed by atoms with E-state index < -0.39 is 17.4 Å². The number of amides is 2. The average molecular weight is 329 g/mol. The number of aldehydes is 1. The summed E-state index contributed by atoms with van der Waals surface area (Å²) in [6, 6.07) is 6.55. The molecule has 0 fully saturated rings. The van der Waals surface area contributed by atoms with E-state index >= 15 is 0 Å². The first kappa shape index (κ1) is 17.4. The molecule has 22 heavy (non-hydrogen) atoms. The van der Waals surface area contributed by atoms with Crippen LogP contribution in [0.5, 0.6) is 5.75 Å². The summed E-state index contributed by atoms with van der Waals surface area (Å²) in [4.78, 5) is 32.8. The van der Waals surface area contributed by atoms with Crippen molar-refractivity contribution in [1.82, 2.24) is 0 Å². The maximum absolute atomic E-state index is 11.1. The largest absolute Gasteiger partial charge is 0.495 e. The zero-order chi connectivity index (χ0) is 16.6. The number of carbonyl (C=O) groups is 3. The number of nitrogens with one attached hydrogen (secondary N) is 1. The summed E-state index contributed by atoms with van der Waals surface area (Å²) in [7, 11) is 1.42. The minimum Gasteiger partial charge on any atom is -0.495 e. The quantitative estimate of drug-likeness (QED) is 0.470. The molecule has 0 spiro atoms. The molecule has 0 aromatic heterocycles. The summed E-state index contributed by atoms with van der Waals surface area (Å²) < 4.78 is 14.7. The van der Waals surface area contributed by atoms with Crippen molar-refractivity contribution in [1.29, 1.82) is 0 Å². The molecule has 2 amide bonds. The zero-order valence-corrected chi connectivity index (χ0v) is 12.4. The molecule has 0 saturated carbocycles. The van der Waals surface area contributed by atoms with Gasteiger partial charge in [0.25, 0.3) is 0 Å². The molecule has 1 aromatic rings. The number of primary amides is 2. The Morgan fingerprint density at radius 2 is 1.86 bits per heavy atom. The Kier molecular flexibility index (Phi) is 6.32. The SMILES string of the molecule is COc1ccccc1NC(OC(N)=O)(OC(N)=O)SCC=O. The van der Waals surface area contributed by atoms with Gasteiger partial charge in [-0.1, -0.05) is 12.1 Å². The number of rotatable bonds is 8. The number of methoxy groups -OCH3 is 1. The van der Waals surface area contributed by atoms with Crippen LogP contribution in [0.3, 0.4) is 0 Å². The van der Waals surface area contributed by atoms with Crippen LogP contribution in [0.25, 0.3) is 0 Å². The van der Waals surface area contributed by atoms with Crippen molar-refractivity contribution >= 4 is 35.9 Å². The number of carbonyl (C=O) groups excluding carboxylic acids is 3. The molecule has 1 aromatic carbocycles. The van der Waals surface area contributed by atoms with E-state index in [1.807, 2.05) is 0 Å². The molecule has 0 saturated heterocycles. The smallest absolute Gasteiger partial charge is 0.409 e. The number of para-hydroxylation sites is 2. The molecule has 0 aliphatic carbocycles. The lowest BCUT2D eigenvalue weighted by atomic mass is 10.3. The monoisotopic (exact) mass is 329 g/mol. The standard InChI is InChI=1S/C12H15N3O6S/c1-19-9-5-3-2-4-8(9)15-12(20-10(13)17,21-11(14)18)22-7-6-16/h2-6,15H,7H2,1H3,(H2,13,17)(H2,14,18). The third-order valence-corrected chi connectivity index (χ3v) is 3.16. The third-order valence-electron chi connectivity index (χ3n) is 2.21. The maximum atomic E-state index is 11.1. The predicted molar refractivity (Wildman–Crippen MR) is 79.2 cm³/mol. The van der Waals surface area contributed by atoms with E-state index in [9.17, 15) is 14.4 Å². The van der Waals surface area contributed by atoms with Gasteiger partial charge in [0.15, 0.2) is 0 Å². The van der Waals surface area contributed by atoms with Crippen LogP contribution in [0.1, 0.15) is 0 Å². The molecule has 9 nitrogen and oxygen atoms in total. The molecule has 0 unspecified atom stereocenters. The molecule has 0 atom stereocenters. The van der Waals surface area contributed by atoms with E-state index in [0.717, 1.165) is 0 Å². The molecular weight excluding hydrogens is 314 g/mol. The lowest BCUT2D eigenvalue weighted by molar-refractivity contribution is -0.106. The number of benzene rings is 1. The van der Waals surface area contributed by atoms with E-state index in [1.165, 1.54) is 7.11 Å². The van der Waals surface area contributed by atoms with E-state index in [1.54, 1.807) is 24.3 Å². The van der Waals surface area contributed by atoms with E-state index in [0.29, 0.717) is 29.5 Å². The van der Waals surface area contributed by atoms with Crippen molar-refractivity contribution in [3.05, 3.63) is 24.3 Å². The highest BCUT2D eigenvalue weighted by Crippen LogP contribution is 2.34. The highest BCUT2D eigenvalue weighted by Gasteiger charge is 2.40. The number of ether oxygens (including phenoxy) is 3. The minimum absolute atomic E-state index is 0.164. The van der Waals surface area contributed by atoms with Crippen LogP contribution >= 0.6 is 11.8 Å². The first-order chi connectivity index (χ1) is 10.4. The number of hydrogen-bond donors (Lipinski definition) is 3. The highest BCUT2D eigenvalue weighted by molar-refractivity contribution is 8.01. The molecule has 5 N–H and O–H groups in total. The van der Waals surface area contributed by atoms with Crippen molar-refractivity contribution in [3.63, 3.8) is 0 Å². The van der Waals surface area contributed by atoms with Crippen molar-refractivity contribution in [3.8, 4) is 5.75 Å². The Labute approximate surface area is 130 Å². The molecule has 0 heterocycles. The van der Waals surface area contributed by atoms with Gasteiger partial charge in [-0.15, -0.1) is 0 Å². The summed E-state index contributed by atoms with van der Waals surface area (Å²) in [5.74, 6) is 0.211. The summed E-state index contributed by atoms with van der Waals surface area (Å²) in [5, 5.41) is 0.539. The fourth-order valence-electron chi connectivity index (χ4n) is 1.49. The summed E-state index contributed by atoms with van der Waals surface area (Å²) >= 11 is 0.659. The molecular formula is C12H15N3O6S. The Bertz CT molecular complexity index is 537. The Balaban J connectivity index is 3.17. The van der Waals surface area contributed by atoms with Crippen molar-refractivity contribution in [2.75, 3.05) is 18.2 Å². The van der Waals surface area contributed by atoms with E-state index in [-0.39, 0.29) is 5.75 Å². The van der Waals surface area contributed by atoms with Crippen LogP contribution in [0.4, 0.5) is 15.3 Å². The van der Waals surface area contributed by atoms with Crippen molar-refractivity contribution in [2.45, 2.75) is 5.24 Å². The van der Waals surface area contributed by atoms with Gasteiger partial charge in [-0.3, -0.25) is 0 Å². The first-order valence-corrected chi connectivity index (χ1v) is 6.86. The lowest BCUT2D eigenvalue weighted by Gasteiger charge is -2.31. The van der Waals surface area contributed by atoms with Gasteiger partial charge in [-0.25, -0.2) is 9.59 Å². The van der Waals surface area contributed by atoms with Crippen LogP contribution < -0.4 is 21.5 Å². The minimum atomic E-state index is -2.10. The highest BCUT2D eigenvalue weighted by atomic mass is 32.2. The second-order valence-electron chi connectivity index (χ2n) is 3.70. The van der Waals surface area contributed by atoms with Gasteiger partial charge in [-0.05, 0) is 23.9 Å². The fourth-order valence-corrected chi connectivity index (χ4v) is 2.24. The summed E-state index contributed by atoms with van der Waals surface area (Å²) in [6.45, 7) is 0. The van der Waals surface area contributed by atoms with E-state index in [4.69, 9.17) is 25.7 Å². The molecule has 0 bridgehead atoms. The molecule has 10 heteroatoms. The zero-order valence-electron chi connectivity index (χ0n) is 11.6. The molecule has 1 rings (SSSR count). The predicted octanol–water partition coefficient (Wildman–Crippen LogP) is 0.841. The van der Waals surface area contributed by atoms with Crippen LogP contribution in [-0.4, -0.2) is 36.6 Å². The number of anilines is 1. The molecule has 0 aliphatic rings.